The summed E-state index contributed by atoms with van der Waals surface area (Å²) in [5, 5.41) is 9.23. The lowest BCUT2D eigenvalue weighted by Crippen LogP contribution is -2.29. The molecule has 27 heavy (non-hydrogen) atoms. The highest BCUT2D eigenvalue weighted by Crippen LogP contribution is 2.26. The maximum Gasteiger partial charge on any atom is 0.291 e. The first-order valence-electron chi connectivity index (χ1n) is 8.49. The molecule has 4 aromatic rings. The van der Waals surface area contributed by atoms with Crippen molar-refractivity contribution in [1.82, 2.24) is 19.7 Å². The van der Waals surface area contributed by atoms with Crippen molar-refractivity contribution >= 4 is 39.3 Å². The molecule has 0 aliphatic rings. The van der Waals surface area contributed by atoms with Crippen LogP contribution in [0, 0.1) is 0 Å². The van der Waals surface area contributed by atoms with Gasteiger partial charge in [-0.15, -0.1) is 0 Å². The molecular weight excluding hydrogens is 364 g/mol. The van der Waals surface area contributed by atoms with Crippen LogP contribution in [0.1, 0.15) is 5.56 Å². The van der Waals surface area contributed by atoms with Crippen molar-refractivity contribution < 1.29 is 4.79 Å². The molecule has 1 N–H and O–H groups in total. The predicted octanol–water partition coefficient (Wildman–Crippen LogP) is 2.86. The first-order valence-corrected chi connectivity index (χ1v) is 8.87. The third kappa shape index (κ3) is 3.08. The number of rotatable bonds is 4. The Kier molecular flexibility index (Phi) is 4.41. The normalized spacial score (nSPS) is 11.2. The predicted molar refractivity (Wildman–Crippen MR) is 106 cm³/mol. The molecule has 0 spiro atoms. The third-order valence-electron chi connectivity index (χ3n) is 4.60. The molecule has 2 aromatic heterocycles. The van der Waals surface area contributed by atoms with Crippen molar-refractivity contribution in [3.63, 3.8) is 0 Å². The molecule has 0 unspecified atom stereocenters. The minimum Gasteiger partial charge on any atom is -0.350 e. The monoisotopic (exact) mass is 380 g/mol. The molecule has 136 valence electrons. The lowest BCUT2D eigenvalue weighted by Gasteiger charge is -2.09. The van der Waals surface area contributed by atoms with Gasteiger partial charge in [-0.05, 0) is 17.7 Å². The van der Waals surface area contributed by atoms with E-state index in [9.17, 15) is 9.59 Å². The molecule has 2 heterocycles. The van der Waals surface area contributed by atoms with Gasteiger partial charge in [-0.3, -0.25) is 9.59 Å². The minimum absolute atomic E-state index is 0.0354. The summed E-state index contributed by atoms with van der Waals surface area (Å²) in [4.78, 5) is 25.2. The van der Waals surface area contributed by atoms with Gasteiger partial charge in [-0.2, -0.15) is 5.10 Å². The summed E-state index contributed by atoms with van der Waals surface area (Å²) in [6.07, 6.45) is 1.66. The van der Waals surface area contributed by atoms with Crippen LogP contribution in [0.3, 0.4) is 0 Å². The fourth-order valence-electron chi connectivity index (χ4n) is 3.24. The fourth-order valence-corrected chi connectivity index (χ4v) is 3.44. The van der Waals surface area contributed by atoms with Gasteiger partial charge in [-0.1, -0.05) is 48.0 Å². The SMILES string of the molecule is Cn1ncc2c3ccccc3n(CC(=O)NCc3ccccc3Cl)c2c1=O. The van der Waals surface area contributed by atoms with Crippen LogP contribution in [-0.2, 0) is 24.9 Å². The van der Waals surface area contributed by atoms with Gasteiger partial charge in [0.25, 0.3) is 5.56 Å². The van der Waals surface area contributed by atoms with Crippen molar-refractivity contribution in [3.8, 4) is 0 Å². The number of aryl methyl sites for hydroxylation is 1. The second-order valence-corrected chi connectivity index (χ2v) is 6.71. The van der Waals surface area contributed by atoms with Crippen LogP contribution in [0.25, 0.3) is 21.8 Å². The molecule has 0 aliphatic heterocycles. The number of nitrogens with one attached hydrogen (secondary N) is 1. The van der Waals surface area contributed by atoms with Crippen LogP contribution >= 0.6 is 11.6 Å². The van der Waals surface area contributed by atoms with Gasteiger partial charge in [0.2, 0.25) is 5.91 Å². The number of aromatic nitrogens is 3. The Bertz CT molecular complexity index is 1230. The Morgan fingerprint density at radius 2 is 1.85 bits per heavy atom. The number of hydrogen-bond donors (Lipinski definition) is 1. The number of carbonyl (C=O) groups excluding carboxylic acids is 1. The largest absolute Gasteiger partial charge is 0.350 e. The van der Waals surface area contributed by atoms with E-state index in [-0.39, 0.29) is 18.0 Å². The Morgan fingerprint density at radius 3 is 2.67 bits per heavy atom. The Balaban J connectivity index is 1.70. The molecule has 0 saturated heterocycles. The molecule has 0 fully saturated rings. The first-order chi connectivity index (χ1) is 13.1. The standard InChI is InChI=1S/C20H17ClN4O2/c1-24-20(27)19-15(11-23-24)14-7-3-5-9-17(14)25(19)12-18(26)22-10-13-6-2-4-8-16(13)21/h2-9,11H,10,12H2,1H3,(H,22,26). The molecule has 0 radical (unpaired) electrons. The van der Waals surface area contributed by atoms with Crippen LogP contribution in [0.4, 0.5) is 0 Å². The van der Waals surface area contributed by atoms with E-state index in [0.717, 1.165) is 21.9 Å². The second kappa shape index (κ2) is 6.89. The number of nitrogens with zero attached hydrogens (tertiary/aromatic N) is 3. The highest BCUT2D eigenvalue weighted by Gasteiger charge is 2.16. The van der Waals surface area contributed by atoms with E-state index in [1.807, 2.05) is 42.5 Å². The number of para-hydroxylation sites is 1. The number of halogens is 1. The van der Waals surface area contributed by atoms with Gasteiger partial charge < -0.3 is 9.88 Å². The number of benzene rings is 2. The van der Waals surface area contributed by atoms with Crippen molar-refractivity contribution in [1.29, 1.82) is 0 Å². The summed E-state index contributed by atoms with van der Waals surface area (Å²) in [5.41, 5.74) is 1.91. The average molecular weight is 381 g/mol. The smallest absolute Gasteiger partial charge is 0.291 e. The van der Waals surface area contributed by atoms with Gasteiger partial charge in [0.05, 0.1) is 6.20 Å². The summed E-state index contributed by atoms with van der Waals surface area (Å²) in [6, 6.07) is 15.0. The van der Waals surface area contributed by atoms with Crippen molar-refractivity contribution in [2.75, 3.05) is 0 Å². The Morgan fingerprint density at radius 1 is 1.11 bits per heavy atom. The lowest BCUT2D eigenvalue weighted by molar-refractivity contribution is -0.121. The zero-order valence-corrected chi connectivity index (χ0v) is 15.4. The van der Waals surface area contributed by atoms with E-state index < -0.39 is 0 Å². The number of fused-ring (bicyclic) bond motifs is 3. The van der Waals surface area contributed by atoms with Gasteiger partial charge in [0, 0.05) is 34.9 Å². The Labute approximate surface area is 160 Å². The number of carbonyl (C=O) groups is 1. The molecule has 0 atom stereocenters. The first kappa shape index (κ1) is 17.3. The molecule has 7 heteroatoms. The van der Waals surface area contributed by atoms with Gasteiger partial charge in [-0.25, -0.2) is 4.68 Å². The van der Waals surface area contributed by atoms with Crippen LogP contribution in [0.5, 0.6) is 0 Å². The van der Waals surface area contributed by atoms with E-state index in [2.05, 4.69) is 10.4 Å². The zero-order chi connectivity index (χ0) is 19.0. The quantitative estimate of drug-likeness (QED) is 0.592. The molecule has 0 bridgehead atoms. The Hall–Kier alpha value is -3.12. The molecule has 1 amide bonds. The minimum atomic E-state index is -0.234. The summed E-state index contributed by atoms with van der Waals surface area (Å²) in [5.74, 6) is -0.198. The topological polar surface area (TPSA) is 68.9 Å². The van der Waals surface area contributed by atoms with Gasteiger partial charge in [0.1, 0.15) is 12.1 Å². The van der Waals surface area contributed by atoms with E-state index in [1.165, 1.54) is 4.68 Å². The van der Waals surface area contributed by atoms with Crippen LogP contribution in [0.2, 0.25) is 5.02 Å². The third-order valence-corrected chi connectivity index (χ3v) is 4.97. The van der Waals surface area contributed by atoms with E-state index in [1.54, 1.807) is 23.9 Å². The highest BCUT2D eigenvalue weighted by atomic mass is 35.5. The average Bonchev–Trinajstić information content (AvgIpc) is 2.98. The van der Waals surface area contributed by atoms with Crippen molar-refractivity contribution in [2.45, 2.75) is 13.1 Å². The van der Waals surface area contributed by atoms with E-state index in [4.69, 9.17) is 11.6 Å². The van der Waals surface area contributed by atoms with Crippen molar-refractivity contribution in [3.05, 3.63) is 75.7 Å². The van der Waals surface area contributed by atoms with E-state index >= 15 is 0 Å². The fraction of sp³-hybridized carbons (Fsp3) is 0.150. The molecular formula is C20H17ClN4O2. The second-order valence-electron chi connectivity index (χ2n) is 6.31. The molecule has 4 rings (SSSR count). The molecule has 2 aromatic carbocycles. The summed E-state index contributed by atoms with van der Waals surface area (Å²) in [7, 11) is 1.60. The number of hydrogen-bond acceptors (Lipinski definition) is 3. The maximum absolute atomic E-state index is 12.7. The van der Waals surface area contributed by atoms with Crippen LogP contribution in [-0.4, -0.2) is 20.3 Å². The van der Waals surface area contributed by atoms with E-state index in [0.29, 0.717) is 17.1 Å². The summed E-state index contributed by atoms with van der Waals surface area (Å²) in [6.45, 7) is 0.364. The molecule has 6 nitrogen and oxygen atoms in total. The zero-order valence-electron chi connectivity index (χ0n) is 14.6. The summed E-state index contributed by atoms with van der Waals surface area (Å²) >= 11 is 6.14. The summed E-state index contributed by atoms with van der Waals surface area (Å²) < 4.78 is 3.02. The number of amides is 1. The lowest BCUT2D eigenvalue weighted by atomic mass is 10.2. The van der Waals surface area contributed by atoms with Crippen molar-refractivity contribution in [2.24, 2.45) is 7.05 Å². The van der Waals surface area contributed by atoms with Crippen LogP contribution in [0.15, 0.2) is 59.5 Å². The van der Waals surface area contributed by atoms with Gasteiger partial charge in [0.15, 0.2) is 0 Å². The molecule has 0 aliphatic carbocycles. The van der Waals surface area contributed by atoms with Crippen LogP contribution < -0.4 is 10.9 Å². The highest BCUT2D eigenvalue weighted by molar-refractivity contribution is 6.31. The maximum atomic E-state index is 12.7. The molecule has 0 saturated carbocycles. The van der Waals surface area contributed by atoms with Gasteiger partial charge >= 0.3 is 0 Å².